The van der Waals surface area contributed by atoms with E-state index in [-0.39, 0.29) is 0 Å². The van der Waals surface area contributed by atoms with E-state index in [0.717, 1.165) is 29.6 Å². The summed E-state index contributed by atoms with van der Waals surface area (Å²) < 4.78 is 5.85. The van der Waals surface area contributed by atoms with E-state index in [4.69, 9.17) is 4.74 Å². The number of ether oxygens (including phenoxy) is 1. The Morgan fingerprint density at radius 2 is 2.14 bits per heavy atom. The molecule has 1 aromatic carbocycles. The molecule has 1 aromatic heterocycles. The Balaban J connectivity index is 1.70. The number of pyridine rings is 1. The number of rotatable bonds is 2. The highest BCUT2D eigenvalue weighted by Gasteiger charge is 2.37. The molecule has 4 nitrogen and oxygen atoms in total. The number of benzene rings is 1. The first-order valence-electron chi connectivity index (χ1n) is 8.03. The van der Waals surface area contributed by atoms with Crippen molar-refractivity contribution in [2.45, 2.75) is 37.8 Å². The molecule has 3 unspecified atom stereocenters. The van der Waals surface area contributed by atoms with Crippen LogP contribution >= 0.6 is 0 Å². The minimum absolute atomic E-state index is 0.412. The van der Waals surface area contributed by atoms with Crippen LogP contribution in [-0.4, -0.2) is 23.7 Å². The van der Waals surface area contributed by atoms with Gasteiger partial charge in [0.1, 0.15) is 11.8 Å². The van der Waals surface area contributed by atoms with Crippen molar-refractivity contribution in [2.75, 3.05) is 11.9 Å². The predicted octanol–water partition coefficient (Wildman–Crippen LogP) is 3.48. The lowest BCUT2D eigenvalue weighted by Gasteiger charge is -2.34. The zero-order valence-electron chi connectivity index (χ0n) is 12.5. The fraction of sp³-hybridized carbons (Fsp3) is 0.444. The van der Waals surface area contributed by atoms with Gasteiger partial charge in [0.25, 0.3) is 0 Å². The summed E-state index contributed by atoms with van der Waals surface area (Å²) in [6.45, 7) is 0.883. The van der Waals surface area contributed by atoms with Crippen LogP contribution in [0.4, 0.5) is 5.69 Å². The van der Waals surface area contributed by atoms with E-state index in [0.29, 0.717) is 23.8 Å². The normalized spacial score (nSPS) is 27.3. The van der Waals surface area contributed by atoms with Crippen LogP contribution in [0.3, 0.4) is 0 Å². The number of hydrogen-bond donors (Lipinski definition) is 1. The average molecular weight is 293 g/mol. The molecule has 2 aliphatic rings. The number of nitrogens with one attached hydrogen (secondary N) is 1. The maximum absolute atomic E-state index is 9.22. The molecule has 2 aromatic rings. The summed E-state index contributed by atoms with van der Waals surface area (Å²) >= 11 is 0. The van der Waals surface area contributed by atoms with Crippen LogP contribution < -0.4 is 5.32 Å². The molecule has 2 heterocycles. The van der Waals surface area contributed by atoms with Gasteiger partial charge in [-0.15, -0.1) is 0 Å². The zero-order chi connectivity index (χ0) is 14.9. The van der Waals surface area contributed by atoms with Gasteiger partial charge >= 0.3 is 0 Å². The first-order chi connectivity index (χ1) is 10.8. The summed E-state index contributed by atoms with van der Waals surface area (Å²) in [5.74, 6) is 0.589. The largest absolute Gasteiger partial charge is 0.381 e. The monoisotopic (exact) mass is 293 g/mol. The highest BCUT2D eigenvalue weighted by Crippen LogP contribution is 2.37. The van der Waals surface area contributed by atoms with E-state index >= 15 is 0 Å². The Morgan fingerprint density at radius 3 is 3.05 bits per heavy atom. The van der Waals surface area contributed by atoms with Crippen molar-refractivity contribution in [1.82, 2.24) is 4.98 Å². The van der Waals surface area contributed by atoms with E-state index in [2.05, 4.69) is 22.4 Å². The maximum Gasteiger partial charge on any atom is 0.143 e. The lowest BCUT2D eigenvalue weighted by Crippen LogP contribution is -2.38. The fourth-order valence-corrected chi connectivity index (χ4v) is 3.91. The Kier molecular flexibility index (Phi) is 3.44. The van der Waals surface area contributed by atoms with E-state index in [1.807, 2.05) is 24.3 Å². The van der Waals surface area contributed by atoms with Crippen molar-refractivity contribution in [3.63, 3.8) is 0 Å². The Bertz CT molecular complexity index is 737. The summed E-state index contributed by atoms with van der Waals surface area (Å²) in [7, 11) is 0. The van der Waals surface area contributed by atoms with Gasteiger partial charge in [0.15, 0.2) is 0 Å². The molecule has 3 atom stereocenters. The van der Waals surface area contributed by atoms with Crippen LogP contribution in [0.5, 0.6) is 0 Å². The second kappa shape index (κ2) is 5.58. The summed E-state index contributed by atoms with van der Waals surface area (Å²) in [6.07, 6.45) is 5.10. The third kappa shape index (κ3) is 2.32. The number of fused-ring (bicyclic) bond motifs is 2. The molecule has 1 saturated heterocycles. The molecule has 0 radical (unpaired) electrons. The second-order valence-corrected chi connectivity index (χ2v) is 6.23. The smallest absolute Gasteiger partial charge is 0.143 e. The molecule has 1 saturated carbocycles. The summed E-state index contributed by atoms with van der Waals surface area (Å²) in [5, 5.41) is 14.0. The van der Waals surface area contributed by atoms with Gasteiger partial charge in [-0.1, -0.05) is 18.2 Å². The average Bonchev–Trinajstić information content (AvgIpc) is 3.04. The molecule has 1 N–H and O–H groups in total. The number of nitrogens with zero attached hydrogens (tertiary/aromatic N) is 2. The molecule has 4 rings (SSSR count). The predicted molar refractivity (Wildman–Crippen MR) is 85.6 cm³/mol. The minimum atomic E-state index is 0.412. The van der Waals surface area contributed by atoms with Crippen LogP contribution in [-0.2, 0) is 4.74 Å². The maximum atomic E-state index is 9.22. The van der Waals surface area contributed by atoms with Crippen molar-refractivity contribution in [3.05, 3.63) is 36.0 Å². The standard InChI is InChI=1S/C18H19N3O/c19-11-12-10-17(13-4-1-2-5-15(13)20-12)21-16-6-3-7-18-14(16)8-9-22-18/h1-2,4-5,10,14,16,18H,3,6-9H2,(H,20,21). The number of nitriles is 1. The number of aromatic nitrogens is 1. The Morgan fingerprint density at radius 1 is 1.23 bits per heavy atom. The first kappa shape index (κ1) is 13.5. The van der Waals surface area contributed by atoms with Crippen LogP contribution in [0.15, 0.2) is 30.3 Å². The fourth-order valence-electron chi connectivity index (χ4n) is 3.91. The van der Waals surface area contributed by atoms with Gasteiger partial charge in [-0.05, 0) is 37.8 Å². The highest BCUT2D eigenvalue weighted by atomic mass is 16.5. The van der Waals surface area contributed by atoms with Gasteiger partial charge in [-0.2, -0.15) is 5.26 Å². The third-order valence-electron chi connectivity index (χ3n) is 4.95. The molecule has 112 valence electrons. The van der Waals surface area contributed by atoms with Gasteiger partial charge in [0.05, 0.1) is 11.6 Å². The van der Waals surface area contributed by atoms with Crippen LogP contribution in [0.2, 0.25) is 0 Å². The lowest BCUT2D eigenvalue weighted by molar-refractivity contribution is 0.0620. The summed E-state index contributed by atoms with van der Waals surface area (Å²) in [6, 6.07) is 12.5. The van der Waals surface area contributed by atoms with Gasteiger partial charge in [-0.3, -0.25) is 0 Å². The van der Waals surface area contributed by atoms with Crippen molar-refractivity contribution in [3.8, 4) is 6.07 Å². The molecular weight excluding hydrogens is 274 g/mol. The van der Waals surface area contributed by atoms with Gasteiger partial charge < -0.3 is 10.1 Å². The molecule has 4 heteroatoms. The van der Waals surface area contributed by atoms with Crippen LogP contribution in [0, 0.1) is 17.2 Å². The molecule has 1 aliphatic heterocycles. The van der Waals surface area contributed by atoms with E-state index in [9.17, 15) is 5.26 Å². The van der Waals surface area contributed by atoms with E-state index in [1.165, 1.54) is 19.3 Å². The highest BCUT2D eigenvalue weighted by molar-refractivity contribution is 5.91. The Hall–Kier alpha value is -2.12. The SMILES string of the molecule is N#Cc1cc(NC2CCCC3OCCC23)c2ccccc2n1. The zero-order valence-corrected chi connectivity index (χ0v) is 12.5. The molecular formula is C18H19N3O. The lowest BCUT2D eigenvalue weighted by atomic mass is 9.81. The molecule has 0 bridgehead atoms. The van der Waals surface area contributed by atoms with Gasteiger partial charge in [0.2, 0.25) is 0 Å². The van der Waals surface area contributed by atoms with Crippen molar-refractivity contribution in [1.29, 1.82) is 5.26 Å². The molecule has 0 amide bonds. The van der Waals surface area contributed by atoms with Crippen molar-refractivity contribution >= 4 is 16.6 Å². The van der Waals surface area contributed by atoms with Crippen molar-refractivity contribution in [2.24, 2.45) is 5.92 Å². The second-order valence-electron chi connectivity index (χ2n) is 6.23. The quantitative estimate of drug-likeness (QED) is 0.921. The van der Waals surface area contributed by atoms with E-state index < -0.39 is 0 Å². The third-order valence-corrected chi connectivity index (χ3v) is 4.95. The van der Waals surface area contributed by atoms with Crippen molar-refractivity contribution < 1.29 is 4.74 Å². The topological polar surface area (TPSA) is 57.9 Å². The number of hydrogen-bond acceptors (Lipinski definition) is 4. The first-order valence-corrected chi connectivity index (χ1v) is 8.03. The summed E-state index contributed by atoms with van der Waals surface area (Å²) in [4.78, 5) is 4.39. The number of para-hydroxylation sites is 1. The summed E-state index contributed by atoms with van der Waals surface area (Å²) in [5.41, 5.74) is 2.37. The van der Waals surface area contributed by atoms with E-state index in [1.54, 1.807) is 0 Å². The Labute approximate surface area is 130 Å². The van der Waals surface area contributed by atoms with Gasteiger partial charge in [-0.25, -0.2) is 4.98 Å². The van der Waals surface area contributed by atoms with Gasteiger partial charge in [0, 0.05) is 29.6 Å². The molecule has 0 spiro atoms. The van der Waals surface area contributed by atoms with Crippen LogP contribution in [0.1, 0.15) is 31.4 Å². The molecule has 1 aliphatic carbocycles. The van der Waals surface area contributed by atoms with Crippen LogP contribution in [0.25, 0.3) is 10.9 Å². The number of anilines is 1. The molecule has 22 heavy (non-hydrogen) atoms. The minimum Gasteiger partial charge on any atom is -0.381 e. The molecule has 2 fully saturated rings.